The second-order valence-electron chi connectivity index (χ2n) is 5.57. The van der Waals surface area contributed by atoms with Crippen molar-refractivity contribution in [3.8, 4) is 10.6 Å². The highest BCUT2D eigenvalue weighted by Crippen LogP contribution is 2.33. The molecule has 120 valence electrons. The smallest absolute Gasteiger partial charge is 0.326 e. The number of halogens is 1. The summed E-state index contributed by atoms with van der Waals surface area (Å²) in [5.74, 6) is -1.32. The zero-order valence-corrected chi connectivity index (χ0v) is 13.9. The van der Waals surface area contributed by atoms with Crippen LogP contribution in [0.25, 0.3) is 10.6 Å². The number of hydrogen-bond donors (Lipinski definition) is 2. The number of nitrogens with one attached hydrogen (secondary N) is 1. The van der Waals surface area contributed by atoms with E-state index in [1.807, 2.05) is 12.1 Å². The Balaban J connectivity index is 1.81. The molecule has 1 aliphatic rings. The summed E-state index contributed by atoms with van der Waals surface area (Å²) in [5.41, 5.74) is 1.47. The van der Waals surface area contributed by atoms with Gasteiger partial charge in [-0.05, 0) is 37.8 Å². The Labute approximate surface area is 142 Å². The van der Waals surface area contributed by atoms with E-state index in [4.69, 9.17) is 11.6 Å². The maximum atomic E-state index is 12.4. The van der Waals surface area contributed by atoms with Crippen LogP contribution in [0, 0.1) is 12.8 Å². The average molecular weight is 351 g/mol. The van der Waals surface area contributed by atoms with E-state index in [9.17, 15) is 14.7 Å². The van der Waals surface area contributed by atoms with E-state index in [2.05, 4.69) is 10.3 Å². The van der Waals surface area contributed by atoms with Gasteiger partial charge in [0.25, 0.3) is 5.91 Å². The van der Waals surface area contributed by atoms with E-state index < -0.39 is 12.0 Å². The van der Waals surface area contributed by atoms with Crippen molar-refractivity contribution < 1.29 is 14.7 Å². The Morgan fingerprint density at radius 2 is 2.00 bits per heavy atom. The Hall–Kier alpha value is -1.92. The molecule has 1 aromatic heterocycles. The van der Waals surface area contributed by atoms with Crippen LogP contribution in [0.3, 0.4) is 0 Å². The zero-order chi connectivity index (χ0) is 16.6. The molecule has 1 heterocycles. The average Bonchev–Trinajstić information content (AvgIpc) is 3.27. The molecule has 0 aliphatic heterocycles. The molecule has 0 radical (unpaired) electrons. The lowest BCUT2D eigenvalue weighted by atomic mass is 10.2. The largest absolute Gasteiger partial charge is 0.480 e. The number of nitrogens with zero attached hydrogens (tertiary/aromatic N) is 1. The first-order valence-electron chi connectivity index (χ1n) is 7.22. The number of carbonyl (C=O) groups excluding carboxylic acids is 1. The third-order valence-corrected chi connectivity index (χ3v) is 5.20. The quantitative estimate of drug-likeness (QED) is 0.866. The van der Waals surface area contributed by atoms with Crippen molar-refractivity contribution in [1.82, 2.24) is 10.3 Å². The van der Waals surface area contributed by atoms with Crippen LogP contribution in [0.15, 0.2) is 24.3 Å². The second-order valence-corrected chi connectivity index (χ2v) is 7.00. The molecule has 1 amide bonds. The molecule has 3 rings (SSSR count). The Morgan fingerprint density at radius 3 is 2.57 bits per heavy atom. The number of carboxylic acids is 1. The van der Waals surface area contributed by atoms with Crippen LogP contribution in [0.1, 0.15) is 28.2 Å². The normalized spacial score (nSPS) is 15.2. The van der Waals surface area contributed by atoms with Crippen molar-refractivity contribution in [3.05, 3.63) is 39.9 Å². The van der Waals surface area contributed by atoms with Crippen molar-refractivity contribution >= 4 is 34.8 Å². The Bertz CT molecular complexity index is 753. The van der Waals surface area contributed by atoms with Crippen LogP contribution in [-0.2, 0) is 4.79 Å². The number of aromatic nitrogens is 1. The molecule has 0 bridgehead atoms. The number of carbonyl (C=O) groups is 2. The number of amides is 1. The highest BCUT2D eigenvalue weighted by molar-refractivity contribution is 7.17. The molecule has 0 spiro atoms. The van der Waals surface area contributed by atoms with E-state index in [1.54, 1.807) is 19.1 Å². The minimum Gasteiger partial charge on any atom is -0.480 e. The van der Waals surface area contributed by atoms with E-state index in [0.717, 1.165) is 18.4 Å². The van der Waals surface area contributed by atoms with E-state index >= 15 is 0 Å². The first-order valence-corrected chi connectivity index (χ1v) is 8.42. The number of benzene rings is 1. The van der Waals surface area contributed by atoms with Crippen LogP contribution in [0.4, 0.5) is 0 Å². The summed E-state index contributed by atoms with van der Waals surface area (Å²) >= 11 is 7.13. The lowest BCUT2D eigenvalue weighted by molar-refractivity contribution is -0.139. The number of hydrogen-bond acceptors (Lipinski definition) is 4. The number of aryl methyl sites for hydroxylation is 1. The molecule has 1 aromatic carbocycles. The molecule has 5 nitrogen and oxygen atoms in total. The van der Waals surface area contributed by atoms with Gasteiger partial charge in [-0.25, -0.2) is 9.78 Å². The fourth-order valence-electron chi connectivity index (χ4n) is 2.34. The van der Waals surface area contributed by atoms with Crippen molar-refractivity contribution in [2.45, 2.75) is 25.8 Å². The first kappa shape index (κ1) is 16.0. The molecule has 2 aromatic rings. The van der Waals surface area contributed by atoms with Crippen molar-refractivity contribution in [2.75, 3.05) is 0 Å². The summed E-state index contributed by atoms with van der Waals surface area (Å²) in [6, 6.07) is 6.39. The van der Waals surface area contributed by atoms with Crippen LogP contribution in [0.2, 0.25) is 5.02 Å². The van der Waals surface area contributed by atoms with Gasteiger partial charge in [0.05, 0.1) is 5.69 Å². The third-order valence-electron chi connectivity index (χ3n) is 3.74. The van der Waals surface area contributed by atoms with Gasteiger partial charge in [-0.2, -0.15) is 0 Å². The summed E-state index contributed by atoms with van der Waals surface area (Å²) in [7, 11) is 0. The number of aliphatic carboxylic acids is 1. The highest BCUT2D eigenvalue weighted by Gasteiger charge is 2.37. The lowest BCUT2D eigenvalue weighted by Crippen LogP contribution is -2.42. The summed E-state index contributed by atoms with van der Waals surface area (Å²) in [6.07, 6.45) is 1.68. The molecule has 1 fully saturated rings. The van der Waals surface area contributed by atoms with Crippen molar-refractivity contribution in [3.63, 3.8) is 0 Å². The van der Waals surface area contributed by atoms with E-state index in [0.29, 0.717) is 20.6 Å². The van der Waals surface area contributed by atoms with E-state index in [1.165, 1.54) is 11.3 Å². The van der Waals surface area contributed by atoms with Gasteiger partial charge in [-0.1, -0.05) is 23.7 Å². The zero-order valence-electron chi connectivity index (χ0n) is 12.4. The molecule has 7 heteroatoms. The van der Waals surface area contributed by atoms with Gasteiger partial charge in [-0.3, -0.25) is 4.79 Å². The summed E-state index contributed by atoms with van der Waals surface area (Å²) < 4.78 is 0. The molecule has 1 atom stereocenters. The minimum absolute atomic E-state index is 0.0420. The lowest BCUT2D eigenvalue weighted by Gasteiger charge is -2.12. The van der Waals surface area contributed by atoms with Gasteiger partial charge in [0, 0.05) is 10.6 Å². The SMILES string of the molecule is Cc1nc(-c2ccc(Cl)cc2)sc1C(=O)NC(C(=O)O)C1CC1. The topological polar surface area (TPSA) is 79.3 Å². The van der Waals surface area contributed by atoms with Crippen LogP contribution < -0.4 is 5.32 Å². The molecule has 1 unspecified atom stereocenters. The Morgan fingerprint density at radius 1 is 1.35 bits per heavy atom. The molecular weight excluding hydrogens is 336 g/mol. The van der Waals surface area contributed by atoms with Crippen LogP contribution >= 0.6 is 22.9 Å². The first-order chi connectivity index (χ1) is 11.0. The van der Waals surface area contributed by atoms with Gasteiger partial charge in [-0.15, -0.1) is 11.3 Å². The molecule has 2 N–H and O–H groups in total. The fourth-order valence-corrected chi connectivity index (χ4v) is 3.44. The van der Waals surface area contributed by atoms with E-state index in [-0.39, 0.29) is 11.8 Å². The summed E-state index contributed by atoms with van der Waals surface area (Å²) in [5, 5.41) is 13.2. The van der Waals surface area contributed by atoms with Crippen molar-refractivity contribution in [1.29, 1.82) is 0 Å². The van der Waals surface area contributed by atoms with Crippen LogP contribution in [0.5, 0.6) is 0 Å². The van der Waals surface area contributed by atoms with Gasteiger partial charge in [0.15, 0.2) is 0 Å². The van der Waals surface area contributed by atoms with Gasteiger partial charge >= 0.3 is 5.97 Å². The summed E-state index contributed by atoms with van der Waals surface area (Å²) in [6.45, 7) is 1.75. The number of rotatable bonds is 5. The maximum absolute atomic E-state index is 12.4. The number of thiazole rings is 1. The highest BCUT2D eigenvalue weighted by atomic mass is 35.5. The van der Waals surface area contributed by atoms with Crippen molar-refractivity contribution in [2.24, 2.45) is 5.92 Å². The molecule has 1 aliphatic carbocycles. The third kappa shape index (κ3) is 3.54. The predicted molar refractivity (Wildman–Crippen MR) is 88.9 cm³/mol. The second kappa shape index (κ2) is 6.29. The monoisotopic (exact) mass is 350 g/mol. The molecule has 23 heavy (non-hydrogen) atoms. The minimum atomic E-state index is -0.985. The van der Waals surface area contributed by atoms with Gasteiger partial charge in [0.2, 0.25) is 0 Å². The predicted octanol–water partition coefficient (Wildman–Crippen LogP) is 3.36. The molecule has 1 saturated carbocycles. The fraction of sp³-hybridized carbons (Fsp3) is 0.312. The number of carboxylic acid groups (broad SMARTS) is 1. The van der Waals surface area contributed by atoms with Gasteiger partial charge < -0.3 is 10.4 Å². The maximum Gasteiger partial charge on any atom is 0.326 e. The molecule has 0 saturated heterocycles. The standard InChI is InChI=1S/C16H15ClN2O3S/c1-8-13(14(20)19-12(16(21)22)9-2-3-9)23-15(18-8)10-4-6-11(17)7-5-10/h4-7,9,12H,2-3H2,1H3,(H,19,20)(H,21,22). The summed E-state index contributed by atoms with van der Waals surface area (Å²) in [4.78, 5) is 28.5. The van der Waals surface area contributed by atoms with Crippen LogP contribution in [-0.4, -0.2) is 28.0 Å². The molecular formula is C16H15ClN2O3S. The van der Waals surface area contributed by atoms with Gasteiger partial charge in [0.1, 0.15) is 15.9 Å². The Kier molecular flexibility index (Phi) is 4.37.